The summed E-state index contributed by atoms with van der Waals surface area (Å²) in [6.45, 7) is 3.78. The Morgan fingerprint density at radius 1 is 1.58 bits per heavy atom. The number of carbonyl (C=O) groups excluding carboxylic acids is 1. The molecule has 0 aromatic heterocycles. The molecule has 1 atom stereocenters. The third-order valence-electron chi connectivity index (χ3n) is 3.09. The zero-order chi connectivity index (χ0) is 13.7. The van der Waals surface area contributed by atoms with Crippen LogP contribution in [0, 0.1) is 0 Å². The second-order valence-electron chi connectivity index (χ2n) is 4.53. The molecule has 1 heterocycles. The first-order valence-corrected chi connectivity index (χ1v) is 6.63. The average Bonchev–Trinajstić information content (AvgIpc) is 2.91. The van der Waals surface area contributed by atoms with Crippen LogP contribution in [-0.2, 0) is 4.74 Å². The van der Waals surface area contributed by atoms with Crippen LogP contribution in [0.4, 0.5) is 5.69 Å². The minimum Gasteiger partial charge on any atom is -0.492 e. The van der Waals surface area contributed by atoms with E-state index < -0.39 is 0 Å². The molecule has 1 aliphatic heterocycles. The third-order valence-corrected chi connectivity index (χ3v) is 3.09. The lowest BCUT2D eigenvalue weighted by molar-refractivity contribution is 0.0858. The van der Waals surface area contributed by atoms with E-state index in [2.05, 4.69) is 5.32 Å². The molecular formula is C14H20N2O3. The monoisotopic (exact) mass is 264 g/mol. The molecule has 0 radical (unpaired) electrons. The summed E-state index contributed by atoms with van der Waals surface area (Å²) in [6.07, 6.45) is 2.21. The second-order valence-corrected chi connectivity index (χ2v) is 4.53. The van der Waals surface area contributed by atoms with Gasteiger partial charge in [-0.25, -0.2) is 0 Å². The molecule has 0 bridgehead atoms. The van der Waals surface area contributed by atoms with Gasteiger partial charge in [-0.15, -0.1) is 0 Å². The van der Waals surface area contributed by atoms with E-state index in [4.69, 9.17) is 15.2 Å². The number of nitrogen functional groups attached to an aromatic ring is 1. The molecule has 2 rings (SSSR count). The smallest absolute Gasteiger partial charge is 0.251 e. The van der Waals surface area contributed by atoms with Gasteiger partial charge in [-0.05, 0) is 38.0 Å². The zero-order valence-electron chi connectivity index (χ0n) is 11.1. The van der Waals surface area contributed by atoms with Crippen molar-refractivity contribution in [3.63, 3.8) is 0 Å². The van der Waals surface area contributed by atoms with Crippen molar-refractivity contribution >= 4 is 11.6 Å². The van der Waals surface area contributed by atoms with Gasteiger partial charge in [0.2, 0.25) is 0 Å². The molecule has 1 unspecified atom stereocenters. The average molecular weight is 264 g/mol. The SMILES string of the molecule is CCOc1ccc(C(=O)NCC2CCCO2)cc1N. The molecule has 1 aliphatic rings. The van der Waals surface area contributed by atoms with E-state index in [1.54, 1.807) is 18.2 Å². The van der Waals surface area contributed by atoms with Gasteiger partial charge in [-0.1, -0.05) is 0 Å². The highest BCUT2D eigenvalue weighted by Crippen LogP contribution is 2.22. The fourth-order valence-corrected chi connectivity index (χ4v) is 2.09. The van der Waals surface area contributed by atoms with E-state index in [-0.39, 0.29) is 12.0 Å². The van der Waals surface area contributed by atoms with Gasteiger partial charge in [0.15, 0.2) is 0 Å². The predicted octanol–water partition coefficient (Wildman–Crippen LogP) is 1.58. The first kappa shape index (κ1) is 13.7. The Morgan fingerprint density at radius 3 is 3.05 bits per heavy atom. The molecule has 19 heavy (non-hydrogen) atoms. The molecule has 1 aromatic rings. The summed E-state index contributed by atoms with van der Waals surface area (Å²) in [5.41, 5.74) is 6.85. The van der Waals surface area contributed by atoms with Crippen molar-refractivity contribution in [1.82, 2.24) is 5.32 Å². The van der Waals surface area contributed by atoms with Crippen LogP contribution in [0.3, 0.4) is 0 Å². The van der Waals surface area contributed by atoms with Gasteiger partial charge in [0.05, 0.1) is 18.4 Å². The van der Waals surface area contributed by atoms with Gasteiger partial charge in [0.1, 0.15) is 5.75 Å². The molecule has 104 valence electrons. The van der Waals surface area contributed by atoms with Crippen LogP contribution in [0.25, 0.3) is 0 Å². The fraction of sp³-hybridized carbons (Fsp3) is 0.500. The zero-order valence-corrected chi connectivity index (χ0v) is 11.1. The Morgan fingerprint density at radius 2 is 2.42 bits per heavy atom. The minimum absolute atomic E-state index is 0.134. The molecular weight excluding hydrogens is 244 g/mol. The largest absolute Gasteiger partial charge is 0.492 e. The van der Waals surface area contributed by atoms with Gasteiger partial charge < -0.3 is 20.5 Å². The maximum atomic E-state index is 12.0. The number of amides is 1. The topological polar surface area (TPSA) is 73.6 Å². The molecule has 3 N–H and O–H groups in total. The van der Waals surface area contributed by atoms with Gasteiger partial charge >= 0.3 is 0 Å². The minimum atomic E-state index is -0.134. The van der Waals surface area contributed by atoms with E-state index in [0.717, 1.165) is 19.4 Å². The molecule has 0 spiro atoms. The molecule has 5 nitrogen and oxygen atoms in total. The second kappa shape index (κ2) is 6.43. The quantitative estimate of drug-likeness (QED) is 0.792. The number of ether oxygens (including phenoxy) is 2. The first-order chi connectivity index (χ1) is 9.20. The third kappa shape index (κ3) is 3.61. The van der Waals surface area contributed by atoms with Gasteiger partial charge in [0.25, 0.3) is 5.91 Å². The van der Waals surface area contributed by atoms with Crippen LogP contribution in [0.2, 0.25) is 0 Å². The number of carbonyl (C=O) groups is 1. The molecule has 1 aromatic carbocycles. The van der Waals surface area contributed by atoms with E-state index in [1.807, 2.05) is 6.92 Å². The number of hydrogen-bond donors (Lipinski definition) is 2. The lowest BCUT2D eigenvalue weighted by atomic mass is 10.1. The molecule has 1 amide bonds. The van der Waals surface area contributed by atoms with Crippen LogP contribution >= 0.6 is 0 Å². The summed E-state index contributed by atoms with van der Waals surface area (Å²) < 4.78 is 10.8. The van der Waals surface area contributed by atoms with Crippen molar-refractivity contribution in [1.29, 1.82) is 0 Å². The number of nitrogens with one attached hydrogen (secondary N) is 1. The number of anilines is 1. The first-order valence-electron chi connectivity index (χ1n) is 6.63. The normalized spacial score (nSPS) is 18.3. The van der Waals surface area contributed by atoms with Crippen LogP contribution in [0.15, 0.2) is 18.2 Å². The van der Waals surface area contributed by atoms with E-state index in [9.17, 15) is 4.79 Å². The number of rotatable bonds is 5. The summed E-state index contributed by atoms with van der Waals surface area (Å²) in [4.78, 5) is 12.0. The molecule has 1 fully saturated rings. The van der Waals surface area contributed by atoms with Crippen molar-refractivity contribution in [2.24, 2.45) is 0 Å². The van der Waals surface area contributed by atoms with Crippen molar-refractivity contribution in [3.05, 3.63) is 23.8 Å². The Balaban J connectivity index is 1.92. The summed E-state index contributed by atoms with van der Waals surface area (Å²) in [6, 6.07) is 5.07. The number of nitrogens with two attached hydrogens (primary N) is 1. The predicted molar refractivity (Wildman–Crippen MR) is 73.3 cm³/mol. The fourth-order valence-electron chi connectivity index (χ4n) is 2.09. The molecule has 5 heteroatoms. The maximum absolute atomic E-state index is 12.0. The van der Waals surface area contributed by atoms with Crippen molar-refractivity contribution in [2.45, 2.75) is 25.9 Å². The van der Waals surface area contributed by atoms with Gasteiger partial charge in [0, 0.05) is 18.7 Å². The van der Waals surface area contributed by atoms with Crippen LogP contribution in [-0.4, -0.2) is 31.8 Å². The molecule has 0 aliphatic carbocycles. The summed E-state index contributed by atoms with van der Waals surface area (Å²) in [7, 11) is 0. The highest BCUT2D eigenvalue weighted by molar-refractivity contribution is 5.95. The summed E-state index contributed by atoms with van der Waals surface area (Å²) >= 11 is 0. The Kier molecular flexibility index (Phi) is 4.63. The standard InChI is InChI=1S/C14H20N2O3/c1-2-18-13-6-5-10(8-12(13)15)14(17)16-9-11-4-3-7-19-11/h5-6,8,11H,2-4,7,9,15H2,1H3,(H,16,17). The summed E-state index contributed by atoms with van der Waals surface area (Å²) in [5, 5.41) is 2.86. The van der Waals surface area contributed by atoms with Crippen molar-refractivity contribution in [3.8, 4) is 5.75 Å². The highest BCUT2D eigenvalue weighted by Gasteiger charge is 2.17. The van der Waals surface area contributed by atoms with E-state index in [0.29, 0.717) is 30.2 Å². The van der Waals surface area contributed by atoms with Crippen molar-refractivity contribution in [2.75, 3.05) is 25.5 Å². The van der Waals surface area contributed by atoms with E-state index in [1.165, 1.54) is 0 Å². The lowest BCUT2D eigenvalue weighted by Crippen LogP contribution is -2.31. The van der Waals surface area contributed by atoms with Crippen LogP contribution in [0.5, 0.6) is 5.75 Å². The van der Waals surface area contributed by atoms with Crippen LogP contribution < -0.4 is 15.8 Å². The highest BCUT2D eigenvalue weighted by atomic mass is 16.5. The Labute approximate surface area is 113 Å². The summed E-state index contributed by atoms with van der Waals surface area (Å²) in [5.74, 6) is 0.475. The number of benzene rings is 1. The van der Waals surface area contributed by atoms with Gasteiger partial charge in [-0.3, -0.25) is 4.79 Å². The number of hydrogen-bond acceptors (Lipinski definition) is 4. The maximum Gasteiger partial charge on any atom is 0.251 e. The molecule has 1 saturated heterocycles. The Bertz CT molecular complexity index is 442. The Hall–Kier alpha value is -1.75. The van der Waals surface area contributed by atoms with E-state index >= 15 is 0 Å². The van der Waals surface area contributed by atoms with Crippen LogP contribution in [0.1, 0.15) is 30.1 Å². The van der Waals surface area contributed by atoms with Gasteiger partial charge in [-0.2, -0.15) is 0 Å². The van der Waals surface area contributed by atoms with Crippen molar-refractivity contribution < 1.29 is 14.3 Å². The lowest BCUT2D eigenvalue weighted by Gasteiger charge is -2.12. The molecule has 0 saturated carbocycles.